The zero-order valence-electron chi connectivity index (χ0n) is 4.26. The molecule has 0 bridgehead atoms. The van der Waals surface area contributed by atoms with E-state index in [1.54, 1.807) is 6.08 Å². The van der Waals surface area contributed by atoms with Crippen LogP contribution in [-0.4, -0.2) is 24.3 Å². The highest BCUT2D eigenvalue weighted by atomic mass is 16.5. The molecule has 0 unspecified atom stereocenters. The lowest BCUT2D eigenvalue weighted by Crippen LogP contribution is -2.00. The molecule has 8 heavy (non-hydrogen) atoms. The lowest BCUT2D eigenvalue weighted by molar-refractivity contribution is -0.132. The second kappa shape index (κ2) is 1.96. The Morgan fingerprint density at radius 1 is 1.88 bits per heavy atom. The van der Waals surface area contributed by atoms with Crippen LogP contribution in [0.3, 0.4) is 0 Å². The molecule has 44 valence electrons. The zero-order chi connectivity index (χ0) is 5.98. The minimum Gasteiger partial charge on any atom is -0.478 e. The van der Waals surface area contributed by atoms with Crippen LogP contribution in [0, 0.1) is 0 Å². The first kappa shape index (κ1) is 5.31. The highest BCUT2D eigenvalue weighted by Crippen LogP contribution is 2.02. The highest BCUT2D eigenvalue weighted by molar-refractivity contribution is 5.87. The van der Waals surface area contributed by atoms with E-state index in [4.69, 9.17) is 9.84 Å². The maximum absolute atomic E-state index is 10.1. The first-order valence-corrected chi connectivity index (χ1v) is 2.31. The Bertz CT molecular complexity index is 137. The molecular formula is C5H6O3. The normalized spacial score (nSPS) is 18.2. The van der Waals surface area contributed by atoms with Crippen molar-refractivity contribution in [1.82, 2.24) is 0 Å². The summed E-state index contributed by atoms with van der Waals surface area (Å²) in [4.78, 5) is 10.1. The number of carboxylic acids is 1. The molecule has 1 rings (SSSR count). The summed E-state index contributed by atoms with van der Waals surface area (Å²) in [5, 5.41) is 8.26. The number of carboxylic acid groups (broad SMARTS) is 1. The first-order valence-electron chi connectivity index (χ1n) is 2.31. The van der Waals surface area contributed by atoms with Crippen LogP contribution >= 0.6 is 0 Å². The van der Waals surface area contributed by atoms with Crippen molar-refractivity contribution >= 4 is 5.97 Å². The zero-order valence-corrected chi connectivity index (χ0v) is 4.26. The van der Waals surface area contributed by atoms with Crippen LogP contribution in [0.5, 0.6) is 0 Å². The lowest BCUT2D eigenvalue weighted by atomic mass is 10.3. The van der Waals surface area contributed by atoms with Gasteiger partial charge in [0.25, 0.3) is 0 Å². The van der Waals surface area contributed by atoms with Crippen molar-refractivity contribution in [3.05, 3.63) is 11.6 Å². The summed E-state index contributed by atoms with van der Waals surface area (Å²) in [6.45, 7) is 0.705. The Morgan fingerprint density at radius 3 is 2.88 bits per heavy atom. The molecule has 1 heterocycles. The Kier molecular flexibility index (Phi) is 1.30. The SMILES string of the molecule is O=C(O)C1=CCOC1. The van der Waals surface area contributed by atoms with Gasteiger partial charge in [-0.2, -0.15) is 0 Å². The van der Waals surface area contributed by atoms with Crippen LogP contribution in [0.4, 0.5) is 0 Å². The van der Waals surface area contributed by atoms with E-state index in [2.05, 4.69) is 0 Å². The Hall–Kier alpha value is -0.830. The molecule has 1 aliphatic rings. The number of ether oxygens (including phenoxy) is 1. The molecule has 0 atom stereocenters. The molecule has 0 aromatic heterocycles. The second-order valence-electron chi connectivity index (χ2n) is 1.55. The third-order valence-corrected chi connectivity index (χ3v) is 0.980. The summed E-state index contributed by atoms with van der Waals surface area (Å²) >= 11 is 0. The van der Waals surface area contributed by atoms with Crippen molar-refractivity contribution in [2.75, 3.05) is 13.2 Å². The van der Waals surface area contributed by atoms with E-state index in [0.29, 0.717) is 12.2 Å². The van der Waals surface area contributed by atoms with Gasteiger partial charge in [-0.1, -0.05) is 0 Å². The average molecular weight is 114 g/mol. The van der Waals surface area contributed by atoms with Gasteiger partial charge in [0.15, 0.2) is 0 Å². The summed E-state index contributed by atoms with van der Waals surface area (Å²) < 4.78 is 4.74. The van der Waals surface area contributed by atoms with Gasteiger partial charge in [-0.3, -0.25) is 0 Å². The molecule has 1 N–H and O–H groups in total. The van der Waals surface area contributed by atoms with Gasteiger partial charge < -0.3 is 9.84 Å². The summed E-state index contributed by atoms with van der Waals surface area (Å²) in [7, 11) is 0. The average Bonchev–Trinajstić information content (AvgIpc) is 2.12. The third-order valence-electron chi connectivity index (χ3n) is 0.980. The van der Waals surface area contributed by atoms with Crippen LogP contribution < -0.4 is 0 Å². The van der Waals surface area contributed by atoms with E-state index in [1.807, 2.05) is 0 Å². The van der Waals surface area contributed by atoms with Gasteiger partial charge in [0.05, 0.1) is 18.8 Å². The highest BCUT2D eigenvalue weighted by Gasteiger charge is 2.10. The number of aliphatic carboxylic acids is 1. The van der Waals surface area contributed by atoms with Gasteiger partial charge in [0.2, 0.25) is 0 Å². The monoisotopic (exact) mass is 114 g/mol. The van der Waals surface area contributed by atoms with E-state index in [1.165, 1.54) is 0 Å². The van der Waals surface area contributed by atoms with Crippen molar-refractivity contribution < 1.29 is 14.6 Å². The standard InChI is InChI=1S/C5H6O3/c6-5(7)4-1-2-8-3-4/h1H,2-3H2,(H,6,7). The van der Waals surface area contributed by atoms with Crippen LogP contribution in [0.1, 0.15) is 0 Å². The van der Waals surface area contributed by atoms with Crippen molar-refractivity contribution in [2.45, 2.75) is 0 Å². The Labute approximate surface area is 46.6 Å². The first-order chi connectivity index (χ1) is 3.80. The fraction of sp³-hybridized carbons (Fsp3) is 0.400. The smallest absolute Gasteiger partial charge is 0.333 e. The van der Waals surface area contributed by atoms with Crippen LogP contribution in [0.25, 0.3) is 0 Å². The fourth-order valence-corrected chi connectivity index (χ4v) is 0.536. The molecule has 3 nitrogen and oxygen atoms in total. The largest absolute Gasteiger partial charge is 0.478 e. The predicted molar refractivity (Wildman–Crippen MR) is 26.5 cm³/mol. The molecule has 0 saturated heterocycles. The van der Waals surface area contributed by atoms with E-state index in [9.17, 15) is 4.79 Å². The van der Waals surface area contributed by atoms with Gasteiger partial charge in [-0.05, 0) is 6.08 Å². The number of hydrogen-bond acceptors (Lipinski definition) is 2. The van der Waals surface area contributed by atoms with E-state index in [0.717, 1.165) is 0 Å². The minimum absolute atomic E-state index is 0.259. The van der Waals surface area contributed by atoms with E-state index in [-0.39, 0.29) is 6.61 Å². The number of rotatable bonds is 1. The molecule has 1 aliphatic heterocycles. The summed E-state index contributed by atoms with van der Waals surface area (Å²) in [5.74, 6) is -0.873. The molecule has 0 aromatic carbocycles. The number of carbonyl (C=O) groups is 1. The van der Waals surface area contributed by atoms with Gasteiger partial charge >= 0.3 is 5.97 Å². The van der Waals surface area contributed by atoms with E-state index >= 15 is 0 Å². The molecular weight excluding hydrogens is 108 g/mol. The lowest BCUT2D eigenvalue weighted by Gasteiger charge is -1.87. The minimum atomic E-state index is -0.873. The second-order valence-corrected chi connectivity index (χ2v) is 1.55. The van der Waals surface area contributed by atoms with Gasteiger partial charge in [0.1, 0.15) is 0 Å². The third kappa shape index (κ3) is 0.869. The topological polar surface area (TPSA) is 46.5 Å². The van der Waals surface area contributed by atoms with Crippen molar-refractivity contribution in [3.8, 4) is 0 Å². The molecule has 0 spiro atoms. The van der Waals surface area contributed by atoms with Crippen LogP contribution in [0.15, 0.2) is 11.6 Å². The van der Waals surface area contributed by atoms with Gasteiger partial charge in [-0.25, -0.2) is 4.79 Å². The van der Waals surface area contributed by atoms with Crippen LogP contribution in [0.2, 0.25) is 0 Å². The predicted octanol–water partition coefficient (Wildman–Crippen LogP) is 0.0276. The molecule has 0 amide bonds. The summed E-state index contributed by atoms with van der Waals surface area (Å²) in [5.41, 5.74) is 0.366. The van der Waals surface area contributed by atoms with Crippen molar-refractivity contribution in [2.24, 2.45) is 0 Å². The molecule has 3 heteroatoms. The molecule has 0 radical (unpaired) electrons. The van der Waals surface area contributed by atoms with E-state index < -0.39 is 5.97 Å². The molecule has 0 aromatic rings. The molecule has 0 fully saturated rings. The quantitative estimate of drug-likeness (QED) is 0.523. The fourth-order valence-electron chi connectivity index (χ4n) is 0.536. The Balaban J connectivity index is 2.57. The van der Waals surface area contributed by atoms with Crippen LogP contribution in [-0.2, 0) is 9.53 Å². The summed E-state index contributed by atoms with van der Waals surface area (Å²) in [6, 6.07) is 0. The molecule has 0 aliphatic carbocycles. The maximum Gasteiger partial charge on any atom is 0.333 e. The Morgan fingerprint density at radius 2 is 2.62 bits per heavy atom. The van der Waals surface area contributed by atoms with Crippen molar-refractivity contribution in [1.29, 1.82) is 0 Å². The number of hydrogen-bond donors (Lipinski definition) is 1. The summed E-state index contributed by atoms with van der Waals surface area (Å²) in [6.07, 6.45) is 1.57. The maximum atomic E-state index is 10.1. The van der Waals surface area contributed by atoms with Gasteiger partial charge in [0, 0.05) is 0 Å². The van der Waals surface area contributed by atoms with Gasteiger partial charge in [-0.15, -0.1) is 0 Å². The van der Waals surface area contributed by atoms with Crippen molar-refractivity contribution in [3.63, 3.8) is 0 Å². The molecule has 0 saturated carbocycles.